The van der Waals surface area contributed by atoms with Crippen molar-refractivity contribution in [3.8, 4) is 0 Å². The predicted octanol–water partition coefficient (Wildman–Crippen LogP) is 1.56. The van der Waals surface area contributed by atoms with E-state index in [1.807, 2.05) is 12.3 Å². The molecular weight excluding hydrogens is 198 g/mol. The monoisotopic (exact) mass is 219 g/mol. The van der Waals surface area contributed by atoms with Crippen LogP contribution in [0.1, 0.15) is 24.6 Å². The maximum Gasteiger partial charge on any atom is 0.0573 e. The Morgan fingerprint density at radius 1 is 1.56 bits per heavy atom. The molecule has 2 rings (SSSR count). The highest BCUT2D eigenvalue weighted by molar-refractivity contribution is 5.17. The van der Waals surface area contributed by atoms with Gasteiger partial charge < -0.3 is 5.73 Å². The molecule has 1 saturated heterocycles. The summed E-state index contributed by atoms with van der Waals surface area (Å²) in [4.78, 5) is 6.85. The van der Waals surface area contributed by atoms with E-state index >= 15 is 0 Å². The smallest absolute Gasteiger partial charge is 0.0573 e. The average Bonchev–Trinajstić information content (AvgIpc) is 2.27. The molecule has 3 nitrogen and oxygen atoms in total. The first-order valence-electron chi connectivity index (χ1n) is 6.05. The van der Waals surface area contributed by atoms with E-state index in [1.54, 1.807) is 0 Å². The third kappa shape index (κ3) is 2.60. The number of hydrogen-bond donors (Lipinski definition) is 1. The van der Waals surface area contributed by atoms with Crippen LogP contribution >= 0.6 is 0 Å². The minimum Gasteiger partial charge on any atom is -0.326 e. The van der Waals surface area contributed by atoms with E-state index in [0.29, 0.717) is 12.0 Å². The van der Waals surface area contributed by atoms with Gasteiger partial charge in [-0.1, -0.05) is 13.0 Å². The van der Waals surface area contributed by atoms with Gasteiger partial charge in [0.15, 0.2) is 0 Å². The molecule has 1 aliphatic rings. The number of aryl methyl sites for hydroxylation is 1. The van der Waals surface area contributed by atoms with Gasteiger partial charge in [-0.3, -0.25) is 9.88 Å². The highest BCUT2D eigenvalue weighted by Gasteiger charge is 2.23. The lowest BCUT2D eigenvalue weighted by Crippen LogP contribution is -2.47. The molecule has 88 valence electrons. The van der Waals surface area contributed by atoms with E-state index in [2.05, 4.69) is 29.8 Å². The largest absolute Gasteiger partial charge is 0.326 e. The average molecular weight is 219 g/mol. The fourth-order valence-corrected chi connectivity index (χ4v) is 2.21. The van der Waals surface area contributed by atoms with Crippen LogP contribution in [0.4, 0.5) is 0 Å². The van der Waals surface area contributed by atoms with Crippen LogP contribution in [0.2, 0.25) is 0 Å². The van der Waals surface area contributed by atoms with Gasteiger partial charge in [-0.25, -0.2) is 0 Å². The molecule has 2 heterocycles. The lowest BCUT2D eigenvalue weighted by atomic mass is 9.94. The summed E-state index contributed by atoms with van der Waals surface area (Å²) in [5.74, 6) is 0.654. The Kier molecular flexibility index (Phi) is 3.56. The van der Waals surface area contributed by atoms with Gasteiger partial charge >= 0.3 is 0 Å². The van der Waals surface area contributed by atoms with Crippen LogP contribution in [0, 0.1) is 12.8 Å². The predicted molar refractivity (Wildman–Crippen MR) is 66.0 cm³/mol. The number of rotatable bonds is 2. The molecular formula is C13H21N3. The summed E-state index contributed by atoms with van der Waals surface area (Å²) in [6.07, 6.45) is 3.07. The fourth-order valence-electron chi connectivity index (χ4n) is 2.21. The molecule has 1 fully saturated rings. The van der Waals surface area contributed by atoms with Crippen molar-refractivity contribution in [1.29, 1.82) is 0 Å². The summed E-state index contributed by atoms with van der Waals surface area (Å²) in [7, 11) is 0. The molecule has 0 spiro atoms. The van der Waals surface area contributed by atoms with E-state index in [9.17, 15) is 0 Å². The van der Waals surface area contributed by atoms with Crippen molar-refractivity contribution in [2.24, 2.45) is 11.7 Å². The second-order valence-electron chi connectivity index (χ2n) is 4.93. The lowest BCUT2D eigenvalue weighted by Gasteiger charge is -2.34. The maximum atomic E-state index is 6.10. The van der Waals surface area contributed by atoms with Crippen LogP contribution in [-0.4, -0.2) is 29.0 Å². The Bertz CT molecular complexity index is 351. The molecule has 0 aromatic carbocycles. The first kappa shape index (κ1) is 11.6. The number of likely N-dealkylation sites (tertiary alicyclic amines) is 1. The molecule has 0 bridgehead atoms. The summed E-state index contributed by atoms with van der Waals surface area (Å²) in [5.41, 5.74) is 8.56. The van der Waals surface area contributed by atoms with Crippen molar-refractivity contribution in [2.75, 3.05) is 13.1 Å². The molecule has 1 aliphatic heterocycles. The Hall–Kier alpha value is -0.930. The summed E-state index contributed by atoms with van der Waals surface area (Å²) in [6.45, 7) is 7.44. The molecule has 0 amide bonds. The second-order valence-corrected chi connectivity index (χ2v) is 4.93. The molecule has 16 heavy (non-hydrogen) atoms. The Labute approximate surface area is 97.7 Å². The normalized spacial score (nSPS) is 26.9. The van der Waals surface area contributed by atoms with Crippen molar-refractivity contribution in [3.05, 3.63) is 29.6 Å². The Morgan fingerprint density at radius 3 is 3.06 bits per heavy atom. The van der Waals surface area contributed by atoms with E-state index in [-0.39, 0.29) is 0 Å². The molecule has 1 aromatic rings. The zero-order valence-corrected chi connectivity index (χ0v) is 10.2. The Balaban J connectivity index is 1.98. The van der Waals surface area contributed by atoms with Crippen LogP contribution < -0.4 is 5.73 Å². The Morgan fingerprint density at radius 2 is 2.38 bits per heavy atom. The second kappa shape index (κ2) is 4.93. The van der Waals surface area contributed by atoms with Crippen molar-refractivity contribution in [3.63, 3.8) is 0 Å². The van der Waals surface area contributed by atoms with Gasteiger partial charge in [0.25, 0.3) is 0 Å². The van der Waals surface area contributed by atoms with Crippen molar-refractivity contribution >= 4 is 0 Å². The van der Waals surface area contributed by atoms with Gasteiger partial charge in [0.05, 0.1) is 5.69 Å². The fraction of sp³-hybridized carbons (Fsp3) is 0.615. The first-order chi connectivity index (χ1) is 7.66. The molecule has 0 saturated carbocycles. The van der Waals surface area contributed by atoms with E-state index < -0.39 is 0 Å². The third-order valence-electron chi connectivity index (χ3n) is 3.59. The third-order valence-corrected chi connectivity index (χ3v) is 3.59. The number of nitrogens with two attached hydrogens (primary N) is 1. The van der Waals surface area contributed by atoms with Crippen LogP contribution in [-0.2, 0) is 6.54 Å². The highest BCUT2D eigenvalue weighted by atomic mass is 15.2. The van der Waals surface area contributed by atoms with E-state index in [4.69, 9.17) is 5.73 Å². The summed E-state index contributed by atoms with van der Waals surface area (Å²) in [5, 5.41) is 0. The molecule has 2 unspecified atom stereocenters. The van der Waals surface area contributed by atoms with Crippen LogP contribution in [0.25, 0.3) is 0 Å². The molecule has 0 radical (unpaired) electrons. The van der Waals surface area contributed by atoms with Crippen molar-refractivity contribution in [1.82, 2.24) is 9.88 Å². The van der Waals surface area contributed by atoms with Crippen molar-refractivity contribution < 1.29 is 0 Å². The number of hydrogen-bond acceptors (Lipinski definition) is 3. The number of aromatic nitrogens is 1. The van der Waals surface area contributed by atoms with Gasteiger partial charge in [-0.05, 0) is 37.4 Å². The van der Waals surface area contributed by atoms with Gasteiger partial charge in [0.1, 0.15) is 0 Å². The molecule has 2 N–H and O–H groups in total. The zero-order chi connectivity index (χ0) is 11.5. The van der Waals surface area contributed by atoms with Gasteiger partial charge in [0, 0.05) is 25.3 Å². The molecule has 3 heteroatoms. The highest BCUT2D eigenvalue weighted by Crippen LogP contribution is 2.17. The number of piperidine rings is 1. The van der Waals surface area contributed by atoms with Crippen LogP contribution in [0.15, 0.2) is 18.3 Å². The van der Waals surface area contributed by atoms with E-state index in [1.165, 1.54) is 17.7 Å². The zero-order valence-electron chi connectivity index (χ0n) is 10.2. The van der Waals surface area contributed by atoms with E-state index in [0.717, 1.165) is 19.6 Å². The standard InChI is InChI=1S/C13H21N3/c1-10-5-7-16(8-12(10)14)9-13-11(2)4-3-6-15-13/h3-4,6,10,12H,5,7-9,14H2,1-2H3. The lowest BCUT2D eigenvalue weighted by molar-refractivity contribution is 0.160. The summed E-state index contributed by atoms with van der Waals surface area (Å²) >= 11 is 0. The van der Waals surface area contributed by atoms with Crippen molar-refractivity contribution in [2.45, 2.75) is 32.9 Å². The SMILES string of the molecule is Cc1cccnc1CN1CCC(C)C(N)C1. The molecule has 0 aliphatic carbocycles. The first-order valence-corrected chi connectivity index (χ1v) is 6.05. The topological polar surface area (TPSA) is 42.2 Å². The maximum absolute atomic E-state index is 6.10. The van der Waals surface area contributed by atoms with Crippen LogP contribution in [0.5, 0.6) is 0 Å². The quantitative estimate of drug-likeness (QED) is 0.820. The van der Waals surface area contributed by atoms with Gasteiger partial charge in [-0.15, -0.1) is 0 Å². The molecule has 2 atom stereocenters. The minimum atomic E-state index is 0.317. The van der Waals surface area contributed by atoms with Crippen LogP contribution in [0.3, 0.4) is 0 Å². The summed E-state index contributed by atoms with van der Waals surface area (Å²) < 4.78 is 0. The number of pyridine rings is 1. The van der Waals surface area contributed by atoms with Gasteiger partial charge in [0.2, 0.25) is 0 Å². The summed E-state index contributed by atoms with van der Waals surface area (Å²) in [6, 6.07) is 4.43. The number of nitrogens with zero attached hydrogens (tertiary/aromatic N) is 2. The molecule has 1 aromatic heterocycles. The van der Waals surface area contributed by atoms with Gasteiger partial charge in [-0.2, -0.15) is 0 Å². The minimum absolute atomic E-state index is 0.317.